The molecule has 0 bridgehead atoms. The van der Waals surface area contributed by atoms with Crippen molar-refractivity contribution in [3.05, 3.63) is 23.8 Å². The van der Waals surface area contributed by atoms with Gasteiger partial charge in [-0.15, -0.1) is 0 Å². The van der Waals surface area contributed by atoms with Crippen molar-refractivity contribution < 1.29 is 14.3 Å². The zero-order valence-electron chi connectivity index (χ0n) is 14.6. The fourth-order valence-electron chi connectivity index (χ4n) is 3.03. The first-order valence-electron chi connectivity index (χ1n) is 8.23. The van der Waals surface area contributed by atoms with Crippen LogP contribution in [0.3, 0.4) is 0 Å². The first-order valence-corrected chi connectivity index (χ1v) is 8.23. The van der Waals surface area contributed by atoms with Crippen molar-refractivity contribution in [1.29, 1.82) is 0 Å². The molecule has 1 heterocycles. The van der Waals surface area contributed by atoms with Gasteiger partial charge in [-0.1, -0.05) is 6.07 Å². The maximum Gasteiger partial charge on any atom is 0.220 e. The third-order valence-electron chi connectivity index (χ3n) is 4.60. The van der Waals surface area contributed by atoms with Crippen LogP contribution in [0.2, 0.25) is 0 Å². The average Bonchev–Trinajstić information content (AvgIpc) is 2.56. The minimum atomic E-state index is -0.0476. The molecule has 0 radical (unpaired) electrons. The van der Waals surface area contributed by atoms with E-state index in [0.29, 0.717) is 23.8 Å². The molecule has 5 heteroatoms. The summed E-state index contributed by atoms with van der Waals surface area (Å²) in [5.74, 6) is 2.01. The smallest absolute Gasteiger partial charge is 0.220 e. The topological polar surface area (TPSA) is 50.8 Å². The van der Waals surface area contributed by atoms with Gasteiger partial charge in [0.15, 0.2) is 11.5 Å². The summed E-state index contributed by atoms with van der Waals surface area (Å²) in [7, 11) is 5.37. The Hall–Kier alpha value is -1.75. The lowest BCUT2D eigenvalue weighted by molar-refractivity contribution is -0.123. The van der Waals surface area contributed by atoms with E-state index in [9.17, 15) is 4.79 Å². The molecule has 1 amide bonds. The van der Waals surface area contributed by atoms with Crippen LogP contribution in [-0.4, -0.2) is 45.2 Å². The predicted octanol–water partition coefficient (Wildman–Crippen LogP) is 2.61. The normalized spacial score (nSPS) is 17.6. The second kappa shape index (κ2) is 8.20. The maximum absolute atomic E-state index is 12.3. The Morgan fingerprint density at radius 2 is 1.91 bits per heavy atom. The summed E-state index contributed by atoms with van der Waals surface area (Å²) in [6.45, 7) is 4.17. The van der Waals surface area contributed by atoms with E-state index in [4.69, 9.17) is 9.47 Å². The molecule has 0 aromatic heterocycles. The highest BCUT2D eigenvalue weighted by atomic mass is 16.5. The Morgan fingerprint density at radius 3 is 2.52 bits per heavy atom. The number of nitrogens with zero attached hydrogens (tertiary/aromatic N) is 1. The van der Waals surface area contributed by atoms with Gasteiger partial charge in [0.25, 0.3) is 0 Å². The Kier molecular flexibility index (Phi) is 6.28. The lowest BCUT2D eigenvalue weighted by Gasteiger charge is -2.28. The molecule has 1 aliphatic heterocycles. The van der Waals surface area contributed by atoms with Crippen molar-refractivity contribution in [1.82, 2.24) is 10.2 Å². The third kappa shape index (κ3) is 4.86. The standard InChI is InChI=1S/C18H28N2O3/c1-13(15-5-6-16(22-3)17(12-15)23-4)19-18(21)11-14-7-9-20(2)10-8-14/h5-6,12-14H,7-11H2,1-4H3,(H,19,21). The highest BCUT2D eigenvalue weighted by Crippen LogP contribution is 2.30. The van der Waals surface area contributed by atoms with Crippen LogP contribution in [0.15, 0.2) is 18.2 Å². The SMILES string of the molecule is COc1ccc(C(C)NC(=O)CC2CCN(C)CC2)cc1OC. The summed E-state index contributed by atoms with van der Waals surface area (Å²) in [6, 6.07) is 5.70. The van der Waals surface area contributed by atoms with E-state index < -0.39 is 0 Å². The summed E-state index contributed by atoms with van der Waals surface area (Å²) in [6.07, 6.45) is 2.83. The van der Waals surface area contributed by atoms with Crippen LogP contribution < -0.4 is 14.8 Å². The van der Waals surface area contributed by atoms with Crippen LogP contribution in [0.1, 0.15) is 37.8 Å². The molecule has 128 valence electrons. The number of carbonyl (C=O) groups excluding carboxylic acids is 1. The van der Waals surface area contributed by atoms with E-state index in [-0.39, 0.29) is 11.9 Å². The summed E-state index contributed by atoms with van der Waals surface area (Å²) in [5.41, 5.74) is 1.01. The lowest BCUT2D eigenvalue weighted by Crippen LogP contribution is -2.34. The molecule has 1 unspecified atom stereocenters. The molecule has 1 atom stereocenters. The summed E-state index contributed by atoms with van der Waals surface area (Å²) >= 11 is 0. The molecular weight excluding hydrogens is 292 g/mol. The zero-order valence-corrected chi connectivity index (χ0v) is 14.6. The molecule has 1 N–H and O–H groups in total. The van der Waals surface area contributed by atoms with Crippen molar-refractivity contribution in [2.75, 3.05) is 34.4 Å². The molecule has 1 saturated heterocycles. The van der Waals surface area contributed by atoms with Gasteiger partial charge in [-0.2, -0.15) is 0 Å². The van der Waals surface area contributed by atoms with Gasteiger partial charge >= 0.3 is 0 Å². The van der Waals surface area contributed by atoms with E-state index in [1.807, 2.05) is 25.1 Å². The molecule has 1 aromatic carbocycles. The fraction of sp³-hybridized carbons (Fsp3) is 0.611. The number of hydrogen-bond donors (Lipinski definition) is 1. The number of benzene rings is 1. The van der Waals surface area contributed by atoms with Crippen LogP contribution in [0.5, 0.6) is 11.5 Å². The predicted molar refractivity (Wildman–Crippen MR) is 90.9 cm³/mol. The van der Waals surface area contributed by atoms with E-state index in [1.165, 1.54) is 0 Å². The summed E-state index contributed by atoms with van der Waals surface area (Å²) < 4.78 is 10.6. The molecule has 0 aliphatic carbocycles. The number of nitrogens with one attached hydrogen (secondary N) is 1. The number of methoxy groups -OCH3 is 2. The highest BCUT2D eigenvalue weighted by Gasteiger charge is 2.20. The van der Waals surface area contributed by atoms with Gasteiger partial charge in [-0.3, -0.25) is 4.79 Å². The Morgan fingerprint density at radius 1 is 1.26 bits per heavy atom. The number of likely N-dealkylation sites (tertiary alicyclic amines) is 1. The van der Waals surface area contributed by atoms with E-state index in [2.05, 4.69) is 17.3 Å². The van der Waals surface area contributed by atoms with Crippen LogP contribution >= 0.6 is 0 Å². The molecule has 5 nitrogen and oxygen atoms in total. The quantitative estimate of drug-likeness (QED) is 0.875. The lowest BCUT2D eigenvalue weighted by atomic mass is 9.93. The second-order valence-electron chi connectivity index (χ2n) is 6.35. The van der Waals surface area contributed by atoms with Gasteiger partial charge in [0.2, 0.25) is 5.91 Å². The monoisotopic (exact) mass is 320 g/mol. The van der Waals surface area contributed by atoms with Crippen molar-refractivity contribution in [2.24, 2.45) is 5.92 Å². The maximum atomic E-state index is 12.3. The highest BCUT2D eigenvalue weighted by molar-refractivity contribution is 5.76. The van der Waals surface area contributed by atoms with E-state index >= 15 is 0 Å². The van der Waals surface area contributed by atoms with E-state index in [1.54, 1.807) is 14.2 Å². The largest absolute Gasteiger partial charge is 0.493 e. The average molecular weight is 320 g/mol. The number of hydrogen-bond acceptors (Lipinski definition) is 4. The Bertz CT molecular complexity index is 525. The molecule has 2 rings (SSSR count). The number of amides is 1. The van der Waals surface area contributed by atoms with Gasteiger partial charge in [0.05, 0.1) is 20.3 Å². The molecule has 1 aromatic rings. The van der Waals surface area contributed by atoms with Crippen molar-refractivity contribution in [2.45, 2.75) is 32.2 Å². The van der Waals surface area contributed by atoms with Crippen molar-refractivity contribution in [3.8, 4) is 11.5 Å². The van der Waals surface area contributed by atoms with Crippen LogP contribution in [0.4, 0.5) is 0 Å². The van der Waals surface area contributed by atoms with Gasteiger partial charge in [0.1, 0.15) is 0 Å². The summed E-state index contributed by atoms with van der Waals surface area (Å²) in [5, 5.41) is 3.09. The summed E-state index contributed by atoms with van der Waals surface area (Å²) in [4.78, 5) is 14.6. The van der Waals surface area contributed by atoms with Gasteiger partial charge in [-0.25, -0.2) is 0 Å². The molecule has 0 saturated carbocycles. The molecular formula is C18H28N2O3. The number of piperidine rings is 1. The van der Waals surface area contributed by atoms with E-state index in [0.717, 1.165) is 31.5 Å². The number of carbonyl (C=O) groups is 1. The minimum Gasteiger partial charge on any atom is -0.493 e. The van der Waals surface area contributed by atoms with Crippen molar-refractivity contribution >= 4 is 5.91 Å². The van der Waals surface area contributed by atoms with Crippen LogP contribution in [0, 0.1) is 5.92 Å². The fourth-order valence-corrected chi connectivity index (χ4v) is 3.03. The number of ether oxygens (including phenoxy) is 2. The molecule has 23 heavy (non-hydrogen) atoms. The Labute approximate surface area is 139 Å². The van der Waals surface area contributed by atoms with Crippen molar-refractivity contribution in [3.63, 3.8) is 0 Å². The van der Waals surface area contributed by atoms with Gasteiger partial charge < -0.3 is 19.7 Å². The molecule has 1 aliphatic rings. The van der Waals surface area contributed by atoms with Gasteiger partial charge in [0, 0.05) is 6.42 Å². The van der Waals surface area contributed by atoms with Gasteiger partial charge in [-0.05, 0) is 63.5 Å². The Balaban J connectivity index is 1.90. The minimum absolute atomic E-state index is 0.0476. The molecule has 1 fully saturated rings. The van der Waals surface area contributed by atoms with Crippen LogP contribution in [0.25, 0.3) is 0 Å². The third-order valence-corrected chi connectivity index (χ3v) is 4.60. The molecule has 0 spiro atoms. The van der Waals surface area contributed by atoms with Crippen LogP contribution in [-0.2, 0) is 4.79 Å². The number of rotatable bonds is 6. The zero-order chi connectivity index (χ0) is 16.8. The second-order valence-corrected chi connectivity index (χ2v) is 6.35. The first-order chi connectivity index (χ1) is 11.0. The first kappa shape index (κ1) is 17.6.